The van der Waals surface area contributed by atoms with Gasteiger partial charge in [0.05, 0.1) is 0 Å². The molecule has 0 amide bonds. The molecule has 0 saturated carbocycles. The van der Waals surface area contributed by atoms with E-state index in [-0.39, 0.29) is 0 Å². The Morgan fingerprint density at radius 2 is 1.82 bits per heavy atom. The van der Waals surface area contributed by atoms with E-state index in [0.717, 1.165) is 38.3 Å². The summed E-state index contributed by atoms with van der Waals surface area (Å²) in [5.74, 6) is 0.903. The first-order valence-corrected chi connectivity index (χ1v) is 6.35. The summed E-state index contributed by atoms with van der Waals surface area (Å²) in [4.78, 5) is 4.16. The lowest BCUT2D eigenvalue weighted by molar-refractivity contribution is 0.735. The highest BCUT2D eigenvalue weighted by atomic mass is 15.2. The van der Waals surface area contributed by atoms with Crippen molar-refractivity contribution in [2.75, 3.05) is 20.1 Å². The second-order valence-electron chi connectivity index (χ2n) is 4.01. The molecule has 0 atom stereocenters. The predicted octanol–water partition coefficient (Wildman–Crippen LogP) is 2.19. The molecule has 94 valence electrons. The van der Waals surface area contributed by atoms with Gasteiger partial charge < -0.3 is 10.6 Å². The second-order valence-corrected chi connectivity index (χ2v) is 4.01. The van der Waals surface area contributed by atoms with Gasteiger partial charge in [-0.3, -0.25) is 4.99 Å². The summed E-state index contributed by atoms with van der Waals surface area (Å²) < 4.78 is 0. The predicted molar refractivity (Wildman–Crippen MR) is 74.4 cm³/mol. The summed E-state index contributed by atoms with van der Waals surface area (Å²) in [5.41, 5.74) is 1.39. The number of aliphatic imine (C=N–C) groups is 1. The maximum atomic E-state index is 4.16. The van der Waals surface area contributed by atoms with E-state index in [4.69, 9.17) is 0 Å². The van der Waals surface area contributed by atoms with Crippen LogP contribution in [0.2, 0.25) is 0 Å². The molecule has 3 heteroatoms. The summed E-state index contributed by atoms with van der Waals surface area (Å²) in [7, 11) is 1.81. The van der Waals surface area contributed by atoms with Crippen molar-refractivity contribution in [1.82, 2.24) is 10.6 Å². The fourth-order valence-corrected chi connectivity index (χ4v) is 1.61. The number of nitrogens with one attached hydrogen (secondary N) is 2. The van der Waals surface area contributed by atoms with Crippen LogP contribution in [0.15, 0.2) is 35.3 Å². The van der Waals surface area contributed by atoms with Crippen molar-refractivity contribution in [2.24, 2.45) is 4.99 Å². The standard InChI is InChI=1S/C14H23N3/c1-3-11-16-14(15-2)17-12-7-10-13-8-5-4-6-9-13/h4-6,8-9H,3,7,10-12H2,1-2H3,(H2,15,16,17). The Bertz CT molecular complexity index is 319. The first-order chi connectivity index (χ1) is 8.36. The van der Waals surface area contributed by atoms with Gasteiger partial charge in [-0.25, -0.2) is 0 Å². The van der Waals surface area contributed by atoms with Gasteiger partial charge in [-0.2, -0.15) is 0 Å². The van der Waals surface area contributed by atoms with E-state index in [1.807, 2.05) is 7.05 Å². The molecule has 2 N–H and O–H groups in total. The highest BCUT2D eigenvalue weighted by molar-refractivity contribution is 5.79. The Balaban J connectivity index is 2.15. The average molecular weight is 233 g/mol. The topological polar surface area (TPSA) is 36.4 Å². The van der Waals surface area contributed by atoms with E-state index in [1.54, 1.807) is 0 Å². The molecule has 0 unspecified atom stereocenters. The Hall–Kier alpha value is -1.51. The van der Waals surface area contributed by atoms with Crippen molar-refractivity contribution in [1.29, 1.82) is 0 Å². The molecule has 0 saturated heterocycles. The second kappa shape index (κ2) is 8.62. The van der Waals surface area contributed by atoms with Crippen LogP contribution in [0, 0.1) is 0 Å². The van der Waals surface area contributed by atoms with Crippen molar-refractivity contribution in [3.8, 4) is 0 Å². The normalized spacial score (nSPS) is 11.3. The Morgan fingerprint density at radius 1 is 1.12 bits per heavy atom. The van der Waals surface area contributed by atoms with Crippen molar-refractivity contribution < 1.29 is 0 Å². The van der Waals surface area contributed by atoms with Crippen LogP contribution >= 0.6 is 0 Å². The van der Waals surface area contributed by atoms with Crippen molar-refractivity contribution in [3.63, 3.8) is 0 Å². The number of hydrogen-bond donors (Lipinski definition) is 2. The minimum Gasteiger partial charge on any atom is -0.356 e. The van der Waals surface area contributed by atoms with Gasteiger partial charge in [0.25, 0.3) is 0 Å². The highest BCUT2D eigenvalue weighted by Crippen LogP contribution is 2.01. The Labute approximate surface area is 104 Å². The molecule has 0 bridgehead atoms. The van der Waals surface area contributed by atoms with E-state index in [0.29, 0.717) is 0 Å². The zero-order valence-corrected chi connectivity index (χ0v) is 10.9. The first-order valence-electron chi connectivity index (χ1n) is 6.35. The van der Waals surface area contributed by atoms with Gasteiger partial charge >= 0.3 is 0 Å². The minimum atomic E-state index is 0.903. The van der Waals surface area contributed by atoms with E-state index < -0.39 is 0 Å². The van der Waals surface area contributed by atoms with Crippen LogP contribution in [0.25, 0.3) is 0 Å². The highest BCUT2D eigenvalue weighted by Gasteiger charge is 1.95. The van der Waals surface area contributed by atoms with Gasteiger partial charge in [0.15, 0.2) is 5.96 Å². The first kappa shape index (κ1) is 13.6. The van der Waals surface area contributed by atoms with Crippen LogP contribution in [0.3, 0.4) is 0 Å². The quantitative estimate of drug-likeness (QED) is 0.449. The summed E-state index contributed by atoms with van der Waals surface area (Å²) >= 11 is 0. The molecule has 0 aliphatic heterocycles. The average Bonchev–Trinajstić information content (AvgIpc) is 2.39. The number of aryl methyl sites for hydroxylation is 1. The molecule has 0 aliphatic rings. The lowest BCUT2D eigenvalue weighted by Gasteiger charge is -2.10. The molecule has 1 rings (SSSR count). The summed E-state index contributed by atoms with van der Waals surface area (Å²) in [5, 5.41) is 6.57. The van der Waals surface area contributed by atoms with Crippen molar-refractivity contribution in [2.45, 2.75) is 26.2 Å². The minimum absolute atomic E-state index is 0.903. The smallest absolute Gasteiger partial charge is 0.190 e. The molecular weight excluding hydrogens is 210 g/mol. The molecule has 0 heterocycles. The van der Waals surface area contributed by atoms with Gasteiger partial charge in [0.2, 0.25) is 0 Å². The zero-order valence-electron chi connectivity index (χ0n) is 10.9. The molecule has 0 aliphatic carbocycles. The SMILES string of the molecule is CCCNC(=NC)NCCCc1ccccc1. The molecule has 0 radical (unpaired) electrons. The van der Waals surface area contributed by atoms with E-state index in [1.165, 1.54) is 5.56 Å². The van der Waals surface area contributed by atoms with Gasteiger partial charge in [0.1, 0.15) is 0 Å². The van der Waals surface area contributed by atoms with Gasteiger partial charge in [-0.05, 0) is 24.8 Å². The molecule has 3 nitrogen and oxygen atoms in total. The molecule has 1 aromatic carbocycles. The Kier molecular flexibility index (Phi) is 6.87. The fourth-order valence-electron chi connectivity index (χ4n) is 1.61. The van der Waals surface area contributed by atoms with Crippen molar-refractivity contribution >= 4 is 5.96 Å². The van der Waals surface area contributed by atoms with Crippen LogP contribution < -0.4 is 10.6 Å². The van der Waals surface area contributed by atoms with Crippen molar-refractivity contribution in [3.05, 3.63) is 35.9 Å². The van der Waals surface area contributed by atoms with E-state index in [2.05, 4.69) is 52.9 Å². The van der Waals surface area contributed by atoms with Crippen LogP contribution in [-0.4, -0.2) is 26.1 Å². The van der Waals surface area contributed by atoms with Gasteiger partial charge in [-0.1, -0.05) is 37.3 Å². The van der Waals surface area contributed by atoms with Crippen LogP contribution in [0.5, 0.6) is 0 Å². The van der Waals surface area contributed by atoms with Gasteiger partial charge in [-0.15, -0.1) is 0 Å². The monoisotopic (exact) mass is 233 g/mol. The van der Waals surface area contributed by atoms with Crippen LogP contribution in [0.4, 0.5) is 0 Å². The third kappa shape index (κ3) is 5.95. The third-order valence-corrected chi connectivity index (χ3v) is 2.54. The van der Waals surface area contributed by atoms with E-state index in [9.17, 15) is 0 Å². The molecule has 0 fully saturated rings. The molecule has 17 heavy (non-hydrogen) atoms. The maximum Gasteiger partial charge on any atom is 0.190 e. The van der Waals surface area contributed by atoms with Crippen LogP contribution in [-0.2, 0) is 6.42 Å². The summed E-state index contributed by atoms with van der Waals surface area (Å²) in [6.45, 7) is 4.08. The lowest BCUT2D eigenvalue weighted by atomic mass is 10.1. The number of benzene rings is 1. The summed E-state index contributed by atoms with van der Waals surface area (Å²) in [6, 6.07) is 10.6. The maximum absolute atomic E-state index is 4.16. The fraction of sp³-hybridized carbons (Fsp3) is 0.500. The van der Waals surface area contributed by atoms with Crippen LogP contribution in [0.1, 0.15) is 25.3 Å². The zero-order chi connectivity index (χ0) is 12.3. The number of rotatable bonds is 6. The number of hydrogen-bond acceptors (Lipinski definition) is 1. The van der Waals surface area contributed by atoms with E-state index >= 15 is 0 Å². The Morgan fingerprint density at radius 3 is 2.47 bits per heavy atom. The number of nitrogens with zero attached hydrogens (tertiary/aromatic N) is 1. The molecule has 0 aromatic heterocycles. The molecule has 1 aromatic rings. The van der Waals surface area contributed by atoms with Gasteiger partial charge in [0, 0.05) is 20.1 Å². The molecule has 0 spiro atoms. The largest absolute Gasteiger partial charge is 0.356 e. The third-order valence-electron chi connectivity index (χ3n) is 2.54. The molecular formula is C14H23N3. The number of guanidine groups is 1. The lowest BCUT2D eigenvalue weighted by Crippen LogP contribution is -2.38. The summed E-state index contributed by atoms with van der Waals surface area (Å²) in [6.07, 6.45) is 3.35.